The summed E-state index contributed by atoms with van der Waals surface area (Å²) in [6.45, 7) is 4.67. The maximum Gasteiger partial charge on any atom is 0.235 e. The summed E-state index contributed by atoms with van der Waals surface area (Å²) in [5.74, 6) is 0.922. The van der Waals surface area contributed by atoms with Crippen LogP contribution in [0.15, 0.2) is 47.5 Å². The Bertz CT molecular complexity index is 732. The molecule has 2 aromatic carbocycles. The first-order chi connectivity index (χ1) is 11.6. The van der Waals surface area contributed by atoms with Gasteiger partial charge in [0.15, 0.2) is 0 Å². The fourth-order valence-electron chi connectivity index (χ4n) is 3.69. The summed E-state index contributed by atoms with van der Waals surface area (Å²) in [4.78, 5) is 15.1. The molecule has 124 valence electrons. The number of hydrogen-bond donors (Lipinski definition) is 0. The van der Waals surface area contributed by atoms with E-state index in [-0.39, 0.29) is 5.54 Å². The smallest absolute Gasteiger partial charge is 0.235 e. The third-order valence-electron chi connectivity index (χ3n) is 4.91. The van der Waals surface area contributed by atoms with Crippen LogP contribution in [0.3, 0.4) is 0 Å². The lowest BCUT2D eigenvalue weighted by Gasteiger charge is -2.25. The number of ether oxygens (including phenoxy) is 1. The molecule has 0 spiro atoms. The monoisotopic (exact) mass is 321 g/mol. The van der Waals surface area contributed by atoms with Gasteiger partial charge >= 0.3 is 0 Å². The number of rotatable bonds is 5. The number of nitrogens with zero attached hydrogens (tertiary/aromatic N) is 1. The molecule has 0 N–H and O–H groups in total. The van der Waals surface area contributed by atoms with Crippen molar-refractivity contribution in [1.29, 1.82) is 0 Å². The van der Waals surface area contributed by atoms with Crippen molar-refractivity contribution in [3.8, 4) is 5.75 Å². The van der Waals surface area contributed by atoms with Gasteiger partial charge in [0.1, 0.15) is 12.4 Å². The van der Waals surface area contributed by atoms with E-state index in [0.29, 0.717) is 6.61 Å². The Labute approximate surface area is 143 Å². The van der Waals surface area contributed by atoms with Crippen LogP contribution in [0.1, 0.15) is 47.9 Å². The van der Waals surface area contributed by atoms with E-state index in [1.54, 1.807) is 6.08 Å². The quantitative estimate of drug-likeness (QED) is 0.575. The van der Waals surface area contributed by atoms with Gasteiger partial charge < -0.3 is 4.74 Å². The molecule has 1 fully saturated rings. The highest BCUT2D eigenvalue weighted by Crippen LogP contribution is 2.43. The molecule has 0 heterocycles. The van der Waals surface area contributed by atoms with E-state index >= 15 is 0 Å². The van der Waals surface area contributed by atoms with E-state index in [9.17, 15) is 4.79 Å². The van der Waals surface area contributed by atoms with Crippen LogP contribution >= 0.6 is 0 Å². The highest BCUT2D eigenvalue weighted by atomic mass is 16.5. The highest BCUT2D eigenvalue weighted by Gasteiger charge is 2.36. The molecule has 0 saturated heterocycles. The fourth-order valence-corrected chi connectivity index (χ4v) is 3.69. The fraction of sp³-hybridized carbons (Fsp3) is 0.381. The lowest BCUT2D eigenvalue weighted by Crippen LogP contribution is -2.19. The van der Waals surface area contributed by atoms with Gasteiger partial charge in [0.2, 0.25) is 6.08 Å². The Hall–Kier alpha value is -2.38. The Morgan fingerprint density at radius 2 is 1.71 bits per heavy atom. The molecule has 0 amide bonds. The Kier molecular flexibility index (Phi) is 4.82. The van der Waals surface area contributed by atoms with Crippen molar-refractivity contribution in [1.82, 2.24) is 0 Å². The van der Waals surface area contributed by atoms with Crippen molar-refractivity contribution in [2.75, 3.05) is 0 Å². The van der Waals surface area contributed by atoms with E-state index in [0.717, 1.165) is 53.7 Å². The van der Waals surface area contributed by atoms with Gasteiger partial charge in [0.25, 0.3) is 0 Å². The molecule has 1 saturated carbocycles. The number of benzene rings is 2. The van der Waals surface area contributed by atoms with Gasteiger partial charge in [-0.15, -0.1) is 0 Å². The maximum atomic E-state index is 10.9. The van der Waals surface area contributed by atoms with E-state index < -0.39 is 0 Å². The minimum atomic E-state index is -0.380. The second-order valence-electron chi connectivity index (χ2n) is 6.66. The Balaban J connectivity index is 1.87. The first-order valence-electron chi connectivity index (χ1n) is 8.52. The molecule has 0 aromatic heterocycles. The number of aryl methyl sites for hydroxylation is 2. The van der Waals surface area contributed by atoms with Crippen LogP contribution in [0.4, 0.5) is 0 Å². The zero-order valence-corrected chi connectivity index (χ0v) is 14.3. The third kappa shape index (κ3) is 3.27. The Morgan fingerprint density at radius 3 is 2.29 bits per heavy atom. The van der Waals surface area contributed by atoms with E-state index in [1.165, 1.54) is 0 Å². The van der Waals surface area contributed by atoms with E-state index in [2.05, 4.69) is 43.1 Å². The molecule has 3 heteroatoms. The molecule has 3 nitrogen and oxygen atoms in total. The summed E-state index contributed by atoms with van der Waals surface area (Å²) in [6, 6.07) is 14.4. The molecule has 0 atom stereocenters. The molecule has 0 bridgehead atoms. The van der Waals surface area contributed by atoms with E-state index in [1.807, 2.05) is 18.2 Å². The van der Waals surface area contributed by atoms with Gasteiger partial charge in [-0.1, -0.05) is 43.2 Å². The average molecular weight is 321 g/mol. The molecule has 2 aromatic rings. The molecule has 3 rings (SSSR count). The van der Waals surface area contributed by atoms with E-state index in [4.69, 9.17) is 4.74 Å². The zero-order chi connectivity index (χ0) is 17.0. The second kappa shape index (κ2) is 7.02. The first-order valence-corrected chi connectivity index (χ1v) is 8.52. The molecule has 0 radical (unpaired) electrons. The SMILES string of the molecule is Cc1cc(C2(N=C=O)CCCC2)cc(C)c1OCc1ccccc1. The van der Waals surface area contributed by atoms with Crippen molar-refractivity contribution >= 4 is 6.08 Å². The van der Waals surface area contributed by atoms with Crippen molar-refractivity contribution in [2.45, 2.75) is 51.7 Å². The van der Waals surface area contributed by atoms with Crippen LogP contribution in [-0.4, -0.2) is 6.08 Å². The largest absolute Gasteiger partial charge is 0.488 e. The van der Waals surface area contributed by atoms with Gasteiger partial charge in [0, 0.05) is 0 Å². The van der Waals surface area contributed by atoms with Crippen LogP contribution in [0.25, 0.3) is 0 Å². The maximum absolute atomic E-state index is 10.9. The summed E-state index contributed by atoms with van der Waals surface area (Å²) >= 11 is 0. The average Bonchev–Trinajstić information content (AvgIpc) is 3.05. The Morgan fingerprint density at radius 1 is 1.08 bits per heavy atom. The number of isocyanates is 1. The molecule has 1 aliphatic carbocycles. The molecular formula is C21H23NO2. The molecule has 1 aliphatic rings. The third-order valence-corrected chi connectivity index (χ3v) is 4.91. The van der Waals surface area contributed by atoms with Crippen LogP contribution in [0.2, 0.25) is 0 Å². The summed E-state index contributed by atoms with van der Waals surface area (Å²) in [5.41, 5.74) is 4.07. The second-order valence-corrected chi connectivity index (χ2v) is 6.66. The van der Waals surface area contributed by atoms with Crippen LogP contribution in [-0.2, 0) is 16.9 Å². The van der Waals surface area contributed by atoms with Crippen molar-refractivity contribution in [3.05, 3.63) is 64.7 Å². The summed E-state index contributed by atoms with van der Waals surface area (Å²) < 4.78 is 6.06. The van der Waals surface area contributed by atoms with Gasteiger partial charge in [0.05, 0.1) is 5.54 Å². The standard InChI is InChI=1S/C21H23NO2/c1-16-12-19(21(22-15-23)10-6-7-11-21)13-17(2)20(16)24-14-18-8-4-3-5-9-18/h3-5,8-9,12-13H,6-7,10-11,14H2,1-2H3. The normalized spacial score (nSPS) is 15.8. The molecule has 24 heavy (non-hydrogen) atoms. The highest BCUT2D eigenvalue weighted by molar-refractivity contribution is 5.47. The topological polar surface area (TPSA) is 38.7 Å². The summed E-state index contributed by atoms with van der Waals surface area (Å²) in [7, 11) is 0. The summed E-state index contributed by atoms with van der Waals surface area (Å²) in [5, 5.41) is 0. The predicted molar refractivity (Wildman–Crippen MR) is 95.0 cm³/mol. The van der Waals surface area contributed by atoms with Crippen LogP contribution < -0.4 is 4.74 Å². The van der Waals surface area contributed by atoms with Gasteiger partial charge in [-0.3, -0.25) is 0 Å². The van der Waals surface area contributed by atoms with Crippen molar-refractivity contribution in [2.24, 2.45) is 4.99 Å². The molecule has 0 aliphatic heterocycles. The van der Waals surface area contributed by atoms with Crippen molar-refractivity contribution < 1.29 is 9.53 Å². The number of carbonyl (C=O) groups excluding carboxylic acids is 1. The lowest BCUT2D eigenvalue weighted by atomic mass is 9.86. The zero-order valence-electron chi connectivity index (χ0n) is 14.3. The van der Waals surface area contributed by atoms with Gasteiger partial charge in [-0.2, -0.15) is 4.99 Å². The lowest BCUT2D eigenvalue weighted by molar-refractivity contribution is 0.301. The predicted octanol–water partition coefficient (Wildman–Crippen LogP) is 4.99. The van der Waals surface area contributed by atoms with Gasteiger partial charge in [-0.05, 0) is 61.1 Å². The molecular weight excluding hydrogens is 298 g/mol. The summed E-state index contributed by atoms with van der Waals surface area (Å²) in [6.07, 6.45) is 5.85. The number of aliphatic imine (C=N–C) groups is 1. The van der Waals surface area contributed by atoms with Crippen LogP contribution in [0.5, 0.6) is 5.75 Å². The van der Waals surface area contributed by atoms with Crippen LogP contribution in [0, 0.1) is 13.8 Å². The minimum Gasteiger partial charge on any atom is -0.488 e. The van der Waals surface area contributed by atoms with Crippen molar-refractivity contribution in [3.63, 3.8) is 0 Å². The molecule has 0 unspecified atom stereocenters. The first kappa shape index (κ1) is 16.5. The van der Waals surface area contributed by atoms with Gasteiger partial charge in [-0.25, -0.2) is 4.79 Å². The number of hydrogen-bond acceptors (Lipinski definition) is 3. The minimum absolute atomic E-state index is 0.380.